The van der Waals surface area contributed by atoms with Crippen molar-refractivity contribution in [1.82, 2.24) is 10.2 Å². The smallest absolute Gasteiger partial charge is 0.240 e. The molecule has 1 aliphatic carbocycles. The summed E-state index contributed by atoms with van der Waals surface area (Å²) in [5.41, 5.74) is 0. The zero-order valence-electron chi connectivity index (χ0n) is 9.41. The molecule has 2 atom stereocenters. The number of nitrogens with one attached hydrogen (secondary N) is 1. The highest BCUT2D eigenvalue weighted by molar-refractivity contribution is 5.84. The van der Waals surface area contributed by atoms with Crippen LogP contribution in [0.4, 0.5) is 0 Å². The minimum atomic E-state index is 0.0842. The third-order valence-corrected chi connectivity index (χ3v) is 3.37. The van der Waals surface area contributed by atoms with E-state index in [4.69, 9.17) is 0 Å². The van der Waals surface area contributed by atoms with Crippen LogP contribution < -0.4 is 5.32 Å². The van der Waals surface area contributed by atoms with Gasteiger partial charge in [-0.2, -0.15) is 0 Å². The van der Waals surface area contributed by atoms with Crippen molar-refractivity contribution in [3.63, 3.8) is 0 Å². The van der Waals surface area contributed by atoms with E-state index >= 15 is 0 Å². The lowest BCUT2D eigenvalue weighted by Crippen LogP contribution is -2.43. The second-order valence-corrected chi connectivity index (χ2v) is 4.37. The zero-order valence-corrected chi connectivity index (χ0v) is 9.41. The predicted octanol–water partition coefficient (Wildman–Crippen LogP) is 1.31. The molecule has 1 fully saturated rings. The molecular weight excluding hydrogens is 188 g/mol. The van der Waals surface area contributed by atoms with Crippen molar-refractivity contribution in [1.29, 1.82) is 0 Å². The third-order valence-electron chi connectivity index (χ3n) is 3.37. The Labute approximate surface area is 91.5 Å². The Balaban J connectivity index is 1.94. The van der Waals surface area contributed by atoms with Crippen LogP contribution in [0.1, 0.15) is 32.6 Å². The van der Waals surface area contributed by atoms with Gasteiger partial charge in [0.05, 0.1) is 6.04 Å². The van der Waals surface area contributed by atoms with Crippen molar-refractivity contribution in [2.45, 2.75) is 44.7 Å². The van der Waals surface area contributed by atoms with Crippen LogP contribution in [0.2, 0.25) is 0 Å². The van der Waals surface area contributed by atoms with Crippen molar-refractivity contribution in [3.05, 3.63) is 12.2 Å². The van der Waals surface area contributed by atoms with Gasteiger partial charge in [-0.25, -0.2) is 0 Å². The van der Waals surface area contributed by atoms with E-state index in [1.807, 2.05) is 0 Å². The SMILES string of the molecule is CCNC1CCN(C2CC=CCC2)C1=O. The molecule has 2 aliphatic rings. The van der Waals surface area contributed by atoms with Crippen LogP contribution in [0.25, 0.3) is 0 Å². The number of allylic oxidation sites excluding steroid dienone is 1. The number of nitrogens with zero attached hydrogens (tertiary/aromatic N) is 1. The van der Waals surface area contributed by atoms with E-state index < -0.39 is 0 Å². The first-order chi connectivity index (χ1) is 7.33. The van der Waals surface area contributed by atoms with Gasteiger partial charge in [0.1, 0.15) is 0 Å². The molecule has 0 bridgehead atoms. The summed E-state index contributed by atoms with van der Waals surface area (Å²) in [5.74, 6) is 0.317. The molecule has 2 unspecified atom stereocenters. The van der Waals surface area contributed by atoms with E-state index in [-0.39, 0.29) is 6.04 Å². The average Bonchev–Trinajstić information content (AvgIpc) is 2.63. The molecule has 2 rings (SSSR count). The number of rotatable bonds is 3. The number of carbonyl (C=O) groups is 1. The molecule has 1 N–H and O–H groups in total. The summed E-state index contributed by atoms with van der Waals surface area (Å²) in [4.78, 5) is 14.1. The van der Waals surface area contributed by atoms with Gasteiger partial charge in [0.2, 0.25) is 5.91 Å². The molecule has 0 radical (unpaired) electrons. The summed E-state index contributed by atoms with van der Waals surface area (Å²) in [6.07, 6.45) is 8.72. The average molecular weight is 208 g/mol. The molecule has 0 spiro atoms. The van der Waals surface area contributed by atoms with Crippen molar-refractivity contribution in [2.75, 3.05) is 13.1 Å². The molecular formula is C12H20N2O. The molecule has 3 heteroatoms. The van der Waals surface area contributed by atoms with E-state index in [9.17, 15) is 4.79 Å². The van der Waals surface area contributed by atoms with Crippen LogP contribution in [0.15, 0.2) is 12.2 Å². The maximum absolute atomic E-state index is 12.0. The number of likely N-dealkylation sites (tertiary alicyclic amines) is 1. The fourth-order valence-corrected chi connectivity index (χ4v) is 2.56. The molecule has 1 amide bonds. The van der Waals surface area contributed by atoms with E-state index in [0.717, 1.165) is 38.8 Å². The highest BCUT2D eigenvalue weighted by Crippen LogP contribution is 2.22. The van der Waals surface area contributed by atoms with Crippen molar-refractivity contribution < 1.29 is 4.79 Å². The molecule has 1 saturated heterocycles. The largest absolute Gasteiger partial charge is 0.338 e. The lowest BCUT2D eigenvalue weighted by molar-refractivity contribution is -0.131. The Kier molecular flexibility index (Phi) is 3.41. The number of amides is 1. The third kappa shape index (κ3) is 2.23. The molecule has 15 heavy (non-hydrogen) atoms. The Hall–Kier alpha value is -0.830. The molecule has 0 aromatic rings. The number of hydrogen-bond acceptors (Lipinski definition) is 2. The monoisotopic (exact) mass is 208 g/mol. The Morgan fingerprint density at radius 2 is 2.33 bits per heavy atom. The fraction of sp³-hybridized carbons (Fsp3) is 0.750. The van der Waals surface area contributed by atoms with Gasteiger partial charge < -0.3 is 10.2 Å². The standard InChI is InChI=1S/C12H20N2O/c1-2-13-11-8-9-14(12(11)15)10-6-4-3-5-7-10/h3-4,10-11,13H,2,5-9H2,1H3. The van der Waals surface area contributed by atoms with Gasteiger partial charge in [-0.3, -0.25) is 4.79 Å². The first-order valence-electron chi connectivity index (χ1n) is 6.01. The molecule has 0 saturated carbocycles. The van der Waals surface area contributed by atoms with Crippen molar-refractivity contribution in [3.8, 4) is 0 Å². The van der Waals surface area contributed by atoms with Gasteiger partial charge in [-0.15, -0.1) is 0 Å². The molecule has 1 aliphatic heterocycles. The van der Waals surface area contributed by atoms with Crippen molar-refractivity contribution in [2.24, 2.45) is 0 Å². The predicted molar refractivity (Wildman–Crippen MR) is 60.6 cm³/mol. The van der Waals surface area contributed by atoms with Crippen LogP contribution in [-0.4, -0.2) is 36.0 Å². The second-order valence-electron chi connectivity index (χ2n) is 4.37. The molecule has 0 aromatic heterocycles. The van der Waals surface area contributed by atoms with Gasteiger partial charge >= 0.3 is 0 Å². The highest BCUT2D eigenvalue weighted by atomic mass is 16.2. The van der Waals surface area contributed by atoms with Gasteiger partial charge in [-0.1, -0.05) is 19.1 Å². The van der Waals surface area contributed by atoms with Crippen LogP contribution >= 0.6 is 0 Å². The van der Waals surface area contributed by atoms with Gasteiger partial charge in [0.25, 0.3) is 0 Å². The van der Waals surface area contributed by atoms with E-state index in [1.165, 1.54) is 0 Å². The zero-order chi connectivity index (χ0) is 10.7. The molecule has 0 aromatic carbocycles. The summed E-state index contributed by atoms with van der Waals surface area (Å²) in [5, 5.41) is 3.25. The summed E-state index contributed by atoms with van der Waals surface area (Å²) in [6, 6.07) is 0.548. The Morgan fingerprint density at radius 3 is 3.00 bits per heavy atom. The van der Waals surface area contributed by atoms with Gasteiger partial charge in [0.15, 0.2) is 0 Å². The highest BCUT2D eigenvalue weighted by Gasteiger charge is 2.34. The van der Waals surface area contributed by atoms with Crippen LogP contribution in [-0.2, 0) is 4.79 Å². The number of carbonyl (C=O) groups excluding carboxylic acids is 1. The molecule has 84 valence electrons. The summed E-state index contributed by atoms with van der Waals surface area (Å²) in [7, 11) is 0. The van der Waals surface area contributed by atoms with Crippen LogP contribution in [0, 0.1) is 0 Å². The topological polar surface area (TPSA) is 32.3 Å². The lowest BCUT2D eigenvalue weighted by Gasteiger charge is -2.29. The van der Waals surface area contributed by atoms with Crippen molar-refractivity contribution >= 4 is 5.91 Å². The van der Waals surface area contributed by atoms with Gasteiger partial charge in [-0.05, 0) is 32.2 Å². The quantitative estimate of drug-likeness (QED) is 0.709. The Bertz CT molecular complexity index is 262. The van der Waals surface area contributed by atoms with Crippen LogP contribution in [0.5, 0.6) is 0 Å². The number of hydrogen-bond donors (Lipinski definition) is 1. The molecule has 3 nitrogen and oxygen atoms in total. The number of likely N-dealkylation sites (N-methyl/N-ethyl adjacent to an activating group) is 1. The first-order valence-corrected chi connectivity index (χ1v) is 6.01. The van der Waals surface area contributed by atoms with Crippen LogP contribution in [0.3, 0.4) is 0 Å². The minimum Gasteiger partial charge on any atom is -0.338 e. The maximum Gasteiger partial charge on any atom is 0.240 e. The summed E-state index contributed by atoms with van der Waals surface area (Å²) < 4.78 is 0. The lowest BCUT2D eigenvalue weighted by atomic mass is 10.0. The second kappa shape index (κ2) is 4.79. The molecule has 1 heterocycles. The summed E-state index contributed by atoms with van der Waals surface area (Å²) >= 11 is 0. The normalized spacial score (nSPS) is 31.3. The van der Waals surface area contributed by atoms with Gasteiger partial charge in [0, 0.05) is 12.6 Å². The summed E-state index contributed by atoms with van der Waals surface area (Å²) in [6.45, 7) is 3.88. The Morgan fingerprint density at radius 1 is 1.47 bits per heavy atom. The fourth-order valence-electron chi connectivity index (χ4n) is 2.56. The van der Waals surface area contributed by atoms with E-state index in [1.54, 1.807) is 0 Å². The minimum absolute atomic E-state index is 0.0842. The van der Waals surface area contributed by atoms with E-state index in [2.05, 4.69) is 29.3 Å². The maximum atomic E-state index is 12.0. The first kappa shape index (κ1) is 10.7. The van der Waals surface area contributed by atoms with E-state index in [0.29, 0.717) is 11.9 Å².